The topological polar surface area (TPSA) is 134 Å². The van der Waals surface area contributed by atoms with Gasteiger partial charge in [-0.15, -0.1) is 11.3 Å². The molecular weight excluding hydrogens is 486 g/mol. The molecule has 2 saturated heterocycles. The molecule has 0 spiro atoms. The van der Waals surface area contributed by atoms with Crippen molar-refractivity contribution in [2.45, 2.75) is 24.8 Å². The normalized spacial score (nSPS) is 17.7. The van der Waals surface area contributed by atoms with Crippen molar-refractivity contribution in [3.63, 3.8) is 0 Å². The van der Waals surface area contributed by atoms with Crippen molar-refractivity contribution in [1.29, 1.82) is 0 Å². The molecule has 0 atom stereocenters. The molecule has 12 heteroatoms. The minimum atomic E-state index is -1.10. The van der Waals surface area contributed by atoms with Gasteiger partial charge in [-0.1, -0.05) is 18.2 Å². The second kappa shape index (κ2) is 11.5. The number of carbonyl (C=O) groups excluding carboxylic acids is 3. The molecule has 1 aromatic carbocycles. The molecule has 4 rings (SSSR count). The Kier molecular flexibility index (Phi) is 8.16. The number of nitro benzene ring substituents is 1. The smallest absolute Gasteiger partial charge is 0.310 e. The van der Waals surface area contributed by atoms with Crippen LogP contribution in [0.2, 0.25) is 0 Å². The van der Waals surface area contributed by atoms with Crippen LogP contribution in [0.25, 0.3) is 0 Å². The Bertz CT molecular complexity index is 1100. The number of piperidine rings is 1. The summed E-state index contributed by atoms with van der Waals surface area (Å²) in [5, 5.41) is 19.2. The van der Waals surface area contributed by atoms with Gasteiger partial charge in [0, 0.05) is 32.2 Å². The number of nitrogens with zero attached hydrogens (tertiary/aromatic N) is 3. The van der Waals surface area contributed by atoms with Gasteiger partial charge in [0.1, 0.15) is 5.54 Å². The van der Waals surface area contributed by atoms with Crippen LogP contribution in [0.3, 0.4) is 0 Å². The molecule has 0 aliphatic carbocycles. The Labute approximate surface area is 212 Å². The van der Waals surface area contributed by atoms with Crippen molar-refractivity contribution in [2.24, 2.45) is 0 Å². The molecule has 2 aliphatic rings. The van der Waals surface area contributed by atoms with Crippen LogP contribution in [0.4, 0.5) is 5.69 Å². The van der Waals surface area contributed by atoms with Gasteiger partial charge < -0.3 is 25.2 Å². The van der Waals surface area contributed by atoms with Gasteiger partial charge in [-0.2, -0.15) is 0 Å². The summed E-state index contributed by atoms with van der Waals surface area (Å²) in [6.45, 7) is 2.54. The fraction of sp³-hybridized carbons (Fsp3) is 0.458. The molecule has 2 N–H and O–H groups in total. The molecule has 2 fully saturated rings. The molecule has 0 unspecified atom stereocenters. The number of carbonyl (C=O) groups is 3. The number of hydrogen-bond donors (Lipinski definition) is 2. The quantitative estimate of drug-likeness (QED) is 0.423. The van der Waals surface area contributed by atoms with E-state index in [1.807, 2.05) is 11.4 Å². The lowest BCUT2D eigenvalue weighted by Crippen LogP contribution is -2.64. The minimum Gasteiger partial charge on any atom is -0.477 e. The monoisotopic (exact) mass is 515 g/mol. The van der Waals surface area contributed by atoms with Crippen molar-refractivity contribution in [3.05, 3.63) is 56.8 Å². The molecule has 192 valence electrons. The summed E-state index contributed by atoms with van der Waals surface area (Å²) in [4.78, 5) is 54.2. The fourth-order valence-electron chi connectivity index (χ4n) is 4.60. The van der Waals surface area contributed by atoms with Gasteiger partial charge in [-0.25, -0.2) is 0 Å². The van der Waals surface area contributed by atoms with Crippen LogP contribution in [0.5, 0.6) is 5.75 Å². The predicted octanol–water partition coefficient (Wildman–Crippen LogP) is 1.65. The fourth-order valence-corrected chi connectivity index (χ4v) is 5.30. The number of hydrogen-bond acceptors (Lipinski definition) is 8. The number of amides is 3. The van der Waals surface area contributed by atoms with Crippen LogP contribution in [0, 0.1) is 10.1 Å². The van der Waals surface area contributed by atoms with E-state index in [9.17, 15) is 24.5 Å². The number of rotatable bonds is 7. The molecule has 0 bridgehead atoms. The highest BCUT2D eigenvalue weighted by molar-refractivity contribution is 7.12. The van der Waals surface area contributed by atoms with Crippen LogP contribution < -0.4 is 15.4 Å². The zero-order valence-corrected chi connectivity index (χ0v) is 20.6. The predicted molar refractivity (Wildman–Crippen MR) is 133 cm³/mol. The van der Waals surface area contributed by atoms with Crippen LogP contribution in [-0.4, -0.2) is 83.9 Å². The van der Waals surface area contributed by atoms with Crippen molar-refractivity contribution in [2.75, 3.05) is 45.9 Å². The lowest BCUT2D eigenvalue weighted by Gasteiger charge is -2.40. The van der Waals surface area contributed by atoms with Gasteiger partial charge in [0.25, 0.3) is 11.8 Å². The van der Waals surface area contributed by atoms with Crippen LogP contribution in [0.15, 0.2) is 41.8 Å². The molecule has 3 heterocycles. The summed E-state index contributed by atoms with van der Waals surface area (Å²) in [7, 11) is 0. The zero-order chi connectivity index (χ0) is 25.5. The lowest BCUT2D eigenvalue weighted by molar-refractivity contribution is -0.385. The van der Waals surface area contributed by atoms with Crippen molar-refractivity contribution in [3.8, 4) is 5.75 Å². The van der Waals surface area contributed by atoms with E-state index in [2.05, 4.69) is 10.6 Å². The number of benzene rings is 1. The molecule has 2 aliphatic heterocycles. The minimum absolute atomic E-state index is 0.00800. The first-order valence-corrected chi connectivity index (χ1v) is 12.8. The van der Waals surface area contributed by atoms with E-state index in [1.165, 1.54) is 29.5 Å². The third kappa shape index (κ3) is 5.82. The first-order valence-electron chi connectivity index (χ1n) is 11.9. The number of para-hydroxylation sites is 2. The summed E-state index contributed by atoms with van der Waals surface area (Å²) >= 11 is 1.40. The Morgan fingerprint density at radius 3 is 2.50 bits per heavy atom. The van der Waals surface area contributed by atoms with Crippen LogP contribution in [0.1, 0.15) is 28.9 Å². The van der Waals surface area contributed by atoms with E-state index in [-0.39, 0.29) is 23.3 Å². The summed E-state index contributed by atoms with van der Waals surface area (Å²) in [5.74, 6) is -0.733. The Morgan fingerprint density at radius 2 is 1.78 bits per heavy atom. The van der Waals surface area contributed by atoms with Crippen molar-refractivity contribution in [1.82, 2.24) is 20.4 Å². The van der Waals surface area contributed by atoms with Gasteiger partial charge in [-0.05, 0) is 49.9 Å². The number of ether oxygens (including phenoxy) is 1. The standard InChI is InChI=1S/C24H29N5O6S/c30-21(17-35-19-6-2-1-5-18(19)29(33)34)26-24(8-10-25-11-9-24)23(32)28-13-4-12-27(14-15-28)22(31)20-7-3-16-36-20/h1-3,5-7,16,25H,4,8-15,17H2,(H,26,30). The zero-order valence-electron chi connectivity index (χ0n) is 19.8. The molecule has 0 radical (unpaired) electrons. The van der Waals surface area contributed by atoms with Gasteiger partial charge in [0.05, 0.1) is 9.80 Å². The average molecular weight is 516 g/mol. The van der Waals surface area contributed by atoms with Gasteiger partial charge in [0.2, 0.25) is 5.91 Å². The van der Waals surface area contributed by atoms with E-state index < -0.39 is 23.0 Å². The molecule has 3 amide bonds. The summed E-state index contributed by atoms with van der Waals surface area (Å²) in [6.07, 6.45) is 1.47. The van der Waals surface area contributed by atoms with E-state index >= 15 is 0 Å². The summed E-state index contributed by atoms with van der Waals surface area (Å²) < 4.78 is 5.43. The maximum absolute atomic E-state index is 13.7. The number of thiophene rings is 1. The van der Waals surface area contributed by atoms with Crippen LogP contribution in [-0.2, 0) is 9.59 Å². The summed E-state index contributed by atoms with van der Waals surface area (Å²) in [5.41, 5.74) is -1.33. The second-order valence-electron chi connectivity index (χ2n) is 8.81. The van der Waals surface area contributed by atoms with E-state index in [4.69, 9.17) is 4.74 Å². The first kappa shape index (κ1) is 25.6. The van der Waals surface area contributed by atoms with Crippen molar-refractivity contribution < 1.29 is 24.0 Å². The maximum Gasteiger partial charge on any atom is 0.310 e. The molecule has 2 aromatic rings. The Balaban J connectivity index is 1.41. The van der Waals surface area contributed by atoms with Gasteiger partial charge >= 0.3 is 5.69 Å². The largest absolute Gasteiger partial charge is 0.477 e. The summed E-state index contributed by atoms with van der Waals surface area (Å²) in [6, 6.07) is 9.48. The third-order valence-corrected chi connectivity index (χ3v) is 7.33. The van der Waals surface area contributed by atoms with Crippen LogP contribution >= 0.6 is 11.3 Å². The SMILES string of the molecule is O=C(COc1ccccc1[N+](=O)[O-])NC1(C(=O)N2CCCN(C(=O)c3cccs3)CC2)CCNCC1. The first-order chi connectivity index (χ1) is 17.4. The average Bonchev–Trinajstić information content (AvgIpc) is 3.32. The molecule has 0 saturated carbocycles. The van der Waals surface area contributed by atoms with E-state index in [0.29, 0.717) is 63.4 Å². The molecule has 11 nitrogen and oxygen atoms in total. The Morgan fingerprint density at radius 1 is 1.06 bits per heavy atom. The van der Waals surface area contributed by atoms with Crippen molar-refractivity contribution >= 4 is 34.7 Å². The number of nitro groups is 1. The highest BCUT2D eigenvalue weighted by atomic mass is 32.1. The Hall–Kier alpha value is -3.51. The number of nitrogens with one attached hydrogen (secondary N) is 2. The van der Waals surface area contributed by atoms with E-state index in [1.54, 1.807) is 21.9 Å². The second-order valence-corrected chi connectivity index (χ2v) is 9.76. The molecule has 36 heavy (non-hydrogen) atoms. The van der Waals surface area contributed by atoms with Gasteiger partial charge in [-0.3, -0.25) is 24.5 Å². The third-order valence-electron chi connectivity index (χ3n) is 6.47. The highest BCUT2D eigenvalue weighted by Gasteiger charge is 2.44. The van der Waals surface area contributed by atoms with E-state index in [0.717, 1.165) is 0 Å². The molecule has 1 aromatic heterocycles. The van der Waals surface area contributed by atoms with Gasteiger partial charge in [0.15, 0.2) is 12.4 Å². The lowest BCUT2D eigenvalue weighted by atomic mass is 9.86. The molecular formula is C24H29N5O6S. The highest BCUT2D eigenvalue weighted by Crippen LogP contribution is 2.26. The maximum atomic E-state index is 13.7.